The highest BCUT2D eigenvalue weighted by Gasteiger charge is 2.49. The van der Waals surface area contributed by atoms with Gasteiger partial charge in [-0.2, -0.15) is 4.98 Å². The average molecular weight is 375 g/mol. The van der Waals surface area contributed by atoms with E-state index in [1.807, 2.05) is 0 Å². The topological polar surface area (TPSA) is 201 Å². The first kappa shape index (κ1) is 19.1. The van der Waals surface area contributed by atoms with Crippen molar-refractivity contribution in [2.24, 2.45) is 0 Å². The van der Waals surface area contributed by atoms with E-state index in [1.54, 1.807) is 0 Å². The van der Waals surface area contributed by atoms with E-state index in [-0.39, 0.29) is 17.8 Å². The van der Waals surface area contributed by atoms with Gasteiger partial charge < -0.3 is 45.8 Å². The molecule has 2 aliphatic rings. The van der Waals surface area contributed by atoms with Gasteiger partial charge in [-0.05, 0) is 0 Å². The molecule has 1 aromatic rings. The van der Waals surface area contributed by atoms with Crippen LogP contribution >= 0.6 is 0 Å². The summed E-state index contributed by atoms with van der Waals surface area (Å²) in [5, 5.41) is 58.8. The third-order valence-corrected chi connectivity index (χ3v) is 4.63. The maximum Gasteiger partial charge on any atom is 0.351 e. The van der Waals surface area contributed by atoms with Crippen LogP contribution in [0.2, 0.25) is 0 Å². The lowest BCUT2D eigenvalue weighted by Crippen LogP contribution is -2.38. The summed E-state index contributed by atoms with van der Waals surface area (Å²) in [6.07, 6.45) is -7.02. The lowest BCUT2D eigenvalue weighted by molar-refractivity contribution is -0.206. The fourth-order valence-corrected chi connectivity index (χ4v) is 3.20. The highest BCUT2D eigenvalue weighted by atomic mass is 16.7. The van der Waals surface area contributed by atoms with Crippen LogP contribution in [0, 0.1) is 0 Å². The van der Waals surface area contributed by atoms with E-state index in [2.05, 4.69) is 4.98 Å². The van der Waals surface area contributed by atoms with Crippen LogP contribution in [0.3, 0.4) is 0 Å². The van der Waals surface area contributed by atoms with Gasteiger partial charge in [0.25, 0.3) is 0 Å². The molecule has 8 N–H and O–H groups in total. The Morgan fingerprint density at radius 2 is 1.88 bits per heavy atom. The standard InChI is InChI=1S/C14H21N3O9/c15-11-5(14(24)1-6(20)7(3-18)26-14)2-17(13(23)16-11)12-10(22)9(21)8(4-19)25-12/h2,6-10,12,18-22,24H,1,3-4H2,(H2,15,16,23)/t6-,7+,8+,9+,10+,12+,14-/m0/s1. The zero-order chi connectivity index (χ0) is 19.2. The summed E-state index contributed by atoms with van der Waals surface area (Å²) in [6, 6.07) is 0. The maximum absolute atomic E-state index is 12.2. The Bertz CT molecular complexity index is 728. The van der Waals surface area contributed by atoms with Crippen LogP contribution in [0.1, 0.15) is 18.2 Å². The van der Waals surface area contributed by atoms with Gasteiger partial charge >= 0.3 is 5.69 Å². The molecule has 7 atom stereocenters. The van der Waals surface area contributed by atoms with Crippen LogP contribution in [0.5, 0.6) is 0 Å². The van der Waals surface area contributed by atoms with Gasteiger partial charge in [0, 0.05) is 12.6 Å². The molecule has 2 saturated heterocycles. The molecular weight excluding hydrogens is 354 g/mol. The van der Waals surface area contributed by atoms with Gasteiger partial charge in [0.15, 0.2) is 12.0 Å². The number of ether oxygens (including phenoxy) is 2. The van der Waals surface area contributed by atoms with E-state index in [9.17, 15) is 30.3 Å². The van der Waals surface area contributed by atoms with Crippen LogP contribution in [-0.2, 0) is 15.3 Å². The van der Waals surface area contributed by atoms with Crippen molar-refractivity contribution in [2.45, 2.75) is 49.0 Å². The minimum absolute atomic E-state index is 0.176. The van der Waals surface area contributed by atoms with Crippen molar-refractivity contribution < 1.29 is 40.1 Å². The zero-order valence-electron chi connectivity index (χ0n) is 13.5. The number of nitrogen functional groups attached to an aromatic ring is 1. The summed E-state index contributed by atoms with van der Waals surface area (Å²) < 4.78 is 11.3. The Morgan fingerprint density at radius 3 is 2.42 bits per heavy atom. The van der Waals surface area contributed by atoms with Gasteiger partial charge in [-0.3, -0.25) is 4.57 Å². The van der Waals surface area contributed by atoms with E-state index >= 15 is 0 Å². The number of nitrogens with zero attached hydrogens (tertiary/aromatic N) is 2. The molecule has 1 aromatic heterocycles. The lowest BCUT2D eigenvalue weighted by Gasteiger charge is -2.26. The summed E-state index contributed by atoms with van der Waals surface area (Å²) in [5.74, 6) is -2.50. The summed E-state index contributed by atoms with van der Waals surface area (Å²) in [7, 11) is 0. The van der Waals surface area contributed by atoms with Crippen molar-refractivity contribution in [3.63, 3.8) is 0 Å². The quantitative estimate of drug-likeness (QED) is 0.268. The summed E-state index contributed by atoms with van der Waals surface area (Å²) in [4.78, 5) is 15.7. The van der Waals surface area contributed by atoms with Gasteiger partial charge in [-0.1, -0.05) is 0 Å². The molecule has 0 aromatic carbocycles. The molecule has 12 heteroatoms. The predicted octanol–water partition coefficient (Wildman–Crippen LogP) is -4.28. The second kappa shape index (κ2) is 6.83. The van der Waals surface area contributed by atoms with Crippen molar-refractivity contribution in [3.8, 4) is 0 Å². The lowest BCUT2D eigenvalue weighted by atomic mass is 10.0. The highest BCUT2D eigenvalue weighted by molar-refractivity contribution is 5.41. The van der Waals surface area contributed by atoms with E-state index < -0.39 is 61.4 Å². The number of anilines is 1. The Kier molecular flexibility index (Phi) is 5.02. The summed E-state index contributed by atoms with van der Waals surface area (Å²) >= 11 is 0. The average Bonchev–Trinajstić information content (AvgIpc) is 3.05. The Morgan fingerprint density at radius 1 is 1.23 bits per heavy atom. The van der Waals surface area contributed by atoms with Gasteiger partial charge in [0.05, 0.1) is 24.9 Å². The molecule has 0 spiro atoms. The molecule has 26 heavy (non-hydrogen) atoms. The zero-order valence-corrected chi connectivity index (χ0v) is 13.5. The maximum atomic E-state index is 12.2. The van der Waals surface area contributed by atoms with Crippen LogP contribution in [-0.4, -0.2) is 83.9 Å². The molecule has 0 saturated carbocycles. The number of hydrogen-bond acceptors (Lipinski definition) is 11. The van der Waals surface area contributed by atoms with Crippen molar-refractivity contribution in [1.82, 2.24) is 9.55 Å². The van der Waals surface area contributed by atoms with Crippen LogP contribution in [0.15, 0.2) is 11.0 Å². The SMILES string of the molecule is Nc1nc(=O)n([C@@H]2O[C@H](CO)[C@@H](O)[C@H]2O)cc1[C@]1(O)C[C@H](O)[C@@H](CO)O1. The number of aliphatic hydroxyl groups is 6. The van der Waals surface area contributed by atoms with E-state index in [0.717, 1.165) is 10.8 Å². The number of aromatic nitrogens is 2. The second-order valence-electron chi connectivity index (χ2n) is 6.35. The van der Waals surface area contributed by atoms with Crippen molar-refractivity contribution in [1.29, 1.82) is 0 Å². The van der Waals surface area contributed by atoms with Gasteiger partial charge in [-0.25, -0.2) is 4.79 Å². The fourth-order valence-electron chi connectivity index (χ4n) is 3.20. The largest absolute Gasteiger partial charge is 0.394 e. The van der Waals surface area contributed by atoms with E-state index in [4.69, 9.17) is 20.3 Å². The highest BCUT2D eigenvalue weighted by Crippen LogP contribution is 2.39. The van der Waals surface area contributed by atoms with Crippen molar-refractivity contribution >= 4 is 5.82 Å². The molecular formula is C14H21N3O9. The Balaban J connectivity index is 2.00. The molecule has 3 rings (SSSR count). The molecule has 0 aliphatic carbocycles. The van der Waals surface area contributed by atoms with Crippen molar-refractivity contribution in [2.75, 3.05) is 18.9 Å². The normalized spacial score (nSPS) is 40.2. The minimum Gasteiger partial charge on any atom is -0.394 e. The molecule has 2 aliphatic heterocycles. The third kappa shape index (κ3) is 3.00. The first-order valence-electron chi connectivity index (χ1n) is 7.92. The first-order valence-corrected chi connectivity index (χ1v) is 7.92. The smallest absolute Gasteiger partial charge is 0.351 e. The van der Waals surface area contributed by atoms with Crippen LogP contribution in [0.4, 0.5) is 5.82 Å². The molecule has 146 valence electrons. The first-order chi connectivity index (χ1) is 12.2. The molecule has 3 heterocycles. The van der Waals surface area contributed by atoms with Gasteiger partial charge in [0.1, 0.15) is 30.2 Å². The number of aliphatic hydroxyl groups excluding tert-OH is 5. The summed E-state index contributed by atoms with van der Waals surface area (Å²) in [6.45, 7) is -1.14. The molecule has 0 radical (unpaired) electrons. The number of rotatable bonds is 4. The third-order valence-electron chi connectivity index (χ3n) is 4.63. The molecule has 2 fully saturated rings. The molecule has 12 nitrogen and oxygen atoms in total. The van der Waals surface area contributed by atoms with Gasteiger partial charge in [-0.15, -0.1) is 0 Å². The van der Waals surface area contributed by atoms with Crippen LogP contribution < -0.4 is 11.4 Å². The van der Waals surface area contributed by atoms with Crippen LogP contribution in [0.25, 0.3) is 0 Å². The minimum atomic E-state index is -2.13. The van der Waals surface area contributed by atoms with E-state index in [1.165, 1.54) is 0 Å². The second-order valence-corrected chi connectivity index (χ2v) is 6.35. The Labute approximate surface area is 146 Å². The van der Waals surface area contributed by atoms with E-state index in [0.29, 0.717) is 0 Å². The molecule has 0 bridgehead atoms. The number of nitrogens with two attached hydrogens (primary N) is 1. The Hall–Kier alpha value is -1.64. The van der Waals surface area contributed by atoms with Gasteiger partial charge in [0.2, 0.25) is 0 Å². The molecule has 0 amide bonds. The monoisotopic (exact) mass is 375 g/mol. The number of hydrogen-bond donors (Lipinski definition) is 7. The van der Waals surface area contributed by atoms with Crippen molar-refractivity contribution in [3.05, 3.63) is 22.2 Å². The summed E-state index contributed by atoms with van der Waals surface area (Å²) in [5.41, 5.74) is 4.60. The predicted molar refractivity (Wildman–Crippen MR) is 82.4 cm³/mol. The molecule has 0 unspecified atom stereocenters. The fraction of sp³-hybridized carbons (Fsp3) is 0.714.